The number of hydrogen-bond acceptors (Lipinski definition) is 4. The summed E-state index contributed by atoms with van der Waals surface area (Å²) in [5.74, 6) is -0.992. The molecule has 19 heavy (non-hydrogen) atoms. The number of rotatable bonds is 3. The Morgan fingerprint density at radius 1 is 1.53 bits per heavy atom. The second-order valence-corrected chi connectivity index (χ2v) is 5.50. The van der Waals surface area contributed by atoms with Crippen molar-refractivity contribution in [2.75, 3.05) is 6.61 Å². The molecule has 0 radical (unpaired) electrons. The van der Waals surface area contributed by atoms with Gasteiger partial charge < -0.3 is 4.74 Å². The van der Waals surface area contributed by atoms with E-state index in [1.54, 1.807) is 13.0 Å². The first kappa shape index (κ1) is 14.4. The normalized spacial score (nSPS) is 10.5. The average Bonchev–Trinajstić information content (AvgIpc) is 2.83. The molecule has 1 N–H and O–H groups in total. The molecule has 0 saturated carbocycles. The zero-order chi connectivity index (χ0) is 14.0. The highest BCUT2D eigenvalue weighted by Crippen LogP contribution is 2.31. The van der Waals surface area contributed by atoms with E-state index in [0.717, 1.165) is 0 Å². The molecule has 0 unspecified atom stereocenters. The highest BCUT2D eigenvalue weighted by Gasteiger charge is 2.21. The van der Waals surface area contributed by atoms with Crippen LogP contribution < -0.4 is 0 Å². The number of nitrogens with zero attached hydrogens (tertiary/aromatic N) is 2. The van der Waals surface area contributed by atoms with Gasteiger partial charge in [0, 0.05) is 13.6 Å². The number of ether oxygens (including phenoxy) is 1. The Balaban J connectivity index is 2.51. The molecule has 1 aromatic carbocycles. The Bertz CT molecular complexity index is 632. The van der Waals surface area contributed by atoms with Gasteiger partial charge in [0.1, 0.15) is 11.5 Å². The van der Waals surface area contributed by atoms with Crippen LogP contribution in [0.15, 0.2) is 16.6 Å². The number of benzene rings is 1. The van der Waals surface area contributed by atoms with E-state index < -0.39 is 11.8 Å². The first-order chi connectivity index (χ1) is 9.04. The SMILES string of the molecule is CCOC(=O)c1n[nH]nc1-c1cc(F)c(I)cc1Br. The quantitative estimate of drug-likeness (QED) is 0.453. The average molecular weight is 440 g/mol. The van der Waals surface area contributed by atoms with Crippen molar-refractivity contribution in [1.82, 2.24) is 15.4 Å². The maximum atomic E-state index is 13.6. The van der Waals surface area contributed by atoms with Crippen molar-refractivity contribution < 1.29 is 13.9 Å². The molecule has 100 valence electrons. The zero-order valence-corrected chi connectivity index (χ0v) is 13.5. The van der Waals surface area contributed by atoms with Crippen LogP contribution in [0.1, 0.15) is 17.4 Å². The third kappa shape index (κ3) is 2.94. The van der Waals surface area contributed by atoms with E-state index in [0.29, 0.717) is 13.6 Å². The number of halogens is 3. The molecule has 0 atom stereocenters. The third-order valence-corrected chi connectivity index (χ3v) is 3.76. The predicted octanol–water partition coefficient (Wildman–Crippen LogP) is 3.15. The van der Waals surface area contributed by atoms with Crippen molar-refractivity contribution in [1.29, 1.82) is 0 Å². The van der Waals surface area contributed by atoms with Crippen molar-refractivity contribution in [2.45, 2.75) is 6.92 Å². The fourth-order valence-electron chi connectivity index (χ4n) is 1.46. The molecule has 5 nitrogen and oxygen atoms in total. The molecular formula is C11H8BrFIN3O2. The van der Waals surface area contributed by atoms with Crippen LogP contribution in [-0.2, 0) is 4.74 Å². The summed E-state index contributed by atoms with van der Waals surface area (Å²) in [5, 5.41) is 9.99. The molecule has 2 aromatic rings. The Morgan fingerprint density at radius 2 is 2.26 bits per heavy atom. The van der Waals surface area contributed by atoms with Gasteiger partial charge in [0.05, 0.1) is 6.61 Å². The molecule has 0 aliphatic rings. The molecule has 0 bridgehead atoms. The van der Waals surface area contributed by atoms with Crippen LogP contribution in [0.4, 0.5) is 4.39 Å². The van der Waals surface area contributed by atoms with Crippen LogP contribution in [0.5, 0.6) is 0 Å². The molecule has 2 rings (SSSR count). The molecule has 0 fully saturated rings. The van der Waals surface area contributed by atoms with E-state index in [4.69, 9.17) is 4.74 Å². The molecule has 0 saturated heterocycles. The summed E-state index contributed by atoms with van der Waals surface area (Å²) in [6.45, 7) is 1.92. The Morgan fingerprint density at radius 3 is 2.95 bits per heavy atom. The van der Waals surface area contributed by atoms with E-state index in [9.17, 15) is 9.18 Å². The van der Waals surface area contributed by atoms with Gasteiger partial charge in [-0.1, -0.05) is 15.9 Å². The van der Waals surface area contributed by atoms with Crippen molar-refractivity contribution in [2.24, 2.45) is 0 Å². The van der Waals surface area contributed by atoms with Crippen LogP contribution in [0, 0.1) is 9.39 Å². The summed E-state index contributed by atoms with van der Waals surface area (Å²) in [5.41, 5.74) is 0.721. The third-order valence-electron chi connectivity index (χ3n) is 2.28. The van der Waals surface area contributed by atoms with Gasteiger partial charge in [0.25, 0.3) is 0 Å². The monoisotopic (exact) mass is 439 g/mol. The molecule has 0 spiro atoms. The maximum absolute atomic E-state index is 13.6. The number of H-pyrrole nitrogens is 1. The summed E-state index contributed by atoms with van der Waals surface area (Å²) in [6.07, 6.45) is 0. The van der Waals surface area contributed by atoms with Crippen molar-refractivity contribution in [3.8, 4) is 11.3 Å². The van der Waals surface area contributed by atoms with E-state index in [1.165, 1.54) is 6.07 Å². The van der Waals surface area contributed by atoms with Crippen LogP contribution in [-0.4, -0.2) is 28.0 Å². The molecule has 8 heteroatoms. The van der Waals surface area contributed by atoms with Gasteiger partial charge in [-0.05, 0) is 41.6 Å². The molecular weight excluding hydrogens is 432 g/mol. The maximum Gasteiger partial charge on any atom is 0.361 e. The summed E-state index contributed by atoms with van der Waals surface area (Å²) >= 11 is 5.20. The Hall–Kier alpha value is -1.03. The van der Waals surface area contributed by atoms with Gasteiger partial charge in [0.2, 0.25) is 0 Å². The minimum absolute atomic E-state index is 0.0307. The lowest BCUT2D eigenvalue weighted by Gasteiger charge is -2.05. The van der Waals surface area contributed by atoms with E-state index in [-0.39, 0.29) is 18.0 Å². The number of hydrogen-bond donors (Lipinski definition) is 1. The fraction of sp³-hybridized carbons (Fsp3) is 0.182. The molecule has 0 aliphatic heterocycles. The number of aromatic nitrogens is 3. The van der Waals surface area contributed by atoms with Crippen molar-refractivity contribution in [3.63, 3.8) is 0 Å². The van der Waals surface area contributed by atoms with Crippen LogP contribution >= 0.6 is 38.5 Å². The zero-order valence-electron chi connectivity index (χ0n) is 9.71. The van der Waals surface area contributed by atoms with Crippen LogP contribution in [0.3, 0.4) is 0 Å². The fourth-order valence-corrected chi connectivity index (χ4v) is 2.89. The van der Waals surface area contributed by atoms with Gasteiger partial charge in [-0.15, -0.1) is 5.10 Å². The molecule has 1 heterocycles. The summed E-state index contributed by atoms with van der Waals surface area (Å²) in [4.78, 5) is 11.7. The lowest BCUT2D eigenvalue weighted by atomic mass is 10.1. The lowest BCUT2D eigenvalue weighted by Crippen LogP contribution is -2.07. The smallest absolute Gasteiger partial charge is 0.361 e. The standard InChI is InChI=1S/C11H8BrFIN3O2/c1-2-19-11(18)10-9(15-17-16-10)5-3-7(13)8(14)4-6(5)12/h3-4H,2H2,1H3,(H,15,16,17). The van der Waals surface area contributed by atoms with Crippen molar-refractivity contribution in [3.05, 3.63) is 31.7 Å². The first-order valence-electron chi connectivity index (χ1n) is 5.27. The lowest BCUT2D eigenvalue weighted by molar-refractivity contribution is 0.0520. The minimum atomic E-state index is -0.600. The highest BCUT2D eigenvalue weighted by molar-refractivity contribution is 14.1. The summed E-state index contributed by atoms with van der Waals surface area (Å²) < 4.78 is 19.6. The molecule has 0 aliphatic carbocycles. The van der Waals surface area contributed by atoms with Crippen molar-refractivity contribution >= 4 is 44.5 Å². The van der Waals surface area contributed by atoms with E-state index in [1.807, 2.05) is 22.6 Å². The van der Waals surface area contributed by atoms with Gasteiger partial charge in [-0.25, -0.2) is 9.18 Å². The number of carbonyl (C=O) groups is 1. The first-order valence-corrected chi connectivity index (χ1v) is 7.14. The van der Waals surface area contributed by atoms with E-state index >= 15 is 0 Å². The molecule has 1 aromatic heterocycles. The number of nitrogens with one attached hydrogen (secondary N) is 1. The second-order valence-electron chi connectivity index (χ2n) is 3.49. The number of esters is 1. The predicted molar refractivity (Wildman–Crippen MR) is 78.2 cm³/mol. The van der Waals surface area contributed by atoms with Crippen LogP contribution in [0.25, 0.3) is 11.3 Å². The Labute approximate surface area is 130 Å². The number of carbonyl (C=O) groups excluding carboxylic acids is 1. The van der Waals surface area contributed by atoms with E-state index in [2.05, 4.69) is 31.3 Å². The van der Waals surface area contributed by atoms with Gasteiger partial charge in [0.15, 0.2) is 5.69 Å². The Kier molecular flexibility index (Phi) is 4.50. The van der Waals surface area contributed by atoms with Crippen LogP contribution in [0.2, 0.25) is 0 Å². The molecule has 0 amide bonds. The minimum Gasteiger partial charge on any atom is -0.461 e. The largest absolute Gasteiger partial charge is 0.461 e. The van der Waals surface area contributed by atoms with Gasteiger partial charge in [-0.3, -0.25) is 0 Å². The summed E-state index contributed by atoms with van der Waals surface area (Å²) in [6, 6.07) is 2.90. The number of aromatic amines is 1. The van der Waals surface area contributed by atoms with Gasteiger partial charge >= 0.3 is 5.97 Å². The van der Waals surface area contributed by atoms with Gasteiger partial charge in [-0.2, -0.15) is 10.3 Å². The summed E-state index contributed by atoms with van der Waals surface area (Å²) in [7, 11) is 0. The highest BCUT2D eigenvalue weighted by atomic mass is 127. The second kappa shape index (κ2) is 5.95. The topological polar surface area (TPSA) is 67.9 Å².